The maximum Gasteiger partial charge on any atom is 0.185 e. The Kier molecular flexibility index (Phi) is 5.80. The largest absolute Gasteiger partial charge is 0.492 e. The van der Waals surface area contributed by atoms with Gasteiger partial charge in [-0.15, -0.1) is 0 Å². The summed E-state index contributed by atoms with van der Waals surface area (Å²) in [5.41, 5.74) is 6.32. The highest BCUT2D eigenvalue weighted by molar-refractivity contribution is 7.96. The number of aromatic nitrogens is 1. The van der Waals surface area contributed by atoms with E-state index in [-0.39, 0.29) is 23.6 Å². The number of carbonyl (C=O) groups excluding carboxylic acids is 1. The summed E-state index contributed by atoms with van der Waals surface area (Å²) in [6.45, 7) is 8.13. The van der Waals surface area contributed by atoms with E-state index < -0.39 is 31.1 Å². The van der Waals surface area contributed by atoms with Gasteiger partial charge >= 0.3 is 0 Å². The number of nitrogens with zero attached hydrogens (tertiary/aromatic N) is 3. The Hall–Kier alpha value is -2.81. The highest BCUT2D eigenvalue weighted by atomic mass is 32.2. The molecule has 0 aliphatic carbocycles. The Labute approximate surface area is 193 Å². The molecule has 0 spiro atoms. The van der Waals surface area contributed by atoms with Gasteiger partial charge in [-0.1, -0.05) is 6.07 Å². The summed E-state index contributed by atoms with van der Waals surface area (Å²) >= 11 is 0. The Bertz CT molecular complexity index is 1250. The smallest absolute Gasteiger partial charge is 0.185 e. The van der Waals surface area contributed by atoms with Crippen LogP contribution in [0.2, 0.25) is 0 Å². The summed E-state index contributed by atoms with van der Waals surface area (Å²) in [7, 11) is -2.77. The van der Waals surface area contributed by atoms with E-state index in [0.29, 0.717) is 36.6 Å². The molecule has 176 valence electrons. The molecule has 4 rings (SSSR count). The first-order chi connectivity index (χ1) is 15.5. The minimum atomic E-state index is -2.77. The van der Waals surface area contributed by atoms with Crippen molar-refractivity contribution >= 4 is 21.3 Å². The van der Waals surface area contributed by atoms with Gasteiger partial charge in [-0.05, 0) is 63.9 Å². The van der Waals surface area contributed by atoms with Gasteiger partial charge in [0.15, 0.2) is 5.78 Å². The number of ether oxygens (including phenoxy) is 1. The van der Waals surface area contributed by atoms with Crippen LogP contribution < -0.4 is 10.5 Å². The molecular formula is C24H29FN4O3S. The zero-order valence-corrected chi connectivity index (χ0v) is 20.1. The van der Waals surface area contributed by atoms with E-state index in [9.17, 15) is 9.00 Å². The number of nitrogens with two attached hydrogens (primary N) is 1. The first-order valence-corrected chi connectivity index (χ1v) is 12.6. The lowest BCUT2D eigenvalue weighted by atomic mass is 9.84. The second-order valence-corrected chi connectivity index (χ2v) is 12.1. The molecule has 0 fully saturated rings. The first kappa shape index (κ1) is 23.4. The van der Waals surface area contributed by atoms with Crippen molar-refractivity contribution in [3.8, 4) is 5.75 Å². The maximum absolute atomic E-state index is 15.1. The number of halogens is 1. The molecule has 0 bridgehead atoms. The fourth-order valence-electron chi connectivity index (χ4n) is 4.65. The van der Waals surface area contributed by atoms with E-state index in [2.05, 4.69) is 9.35 Å². The fourth-order valence-corrected chi connectivity index (χ4v) is 7.81. The second kappa shape index (κ2) is 8.20. The van der Waals surface area contributed by atoms with Gasteiger partial charge in [0, 0.05) is 18.5 Å². The zero-order chi connectivity index (χ0) is 24.0. The SMILES string of the molecule is CCOc1ccc(C(=O)Cc2ccc(F)c([C@@]3(C)N=C(N)C(C)(C)[S@@]4(=O)=NCC[C@@H]34)c2)nc1. The molecule has 3 heterocycles. The quantitative estimate of drug-likeness (QED) is 0.646. The van der Waals surface area contributed by atoms with Gasteiger partial charge in [0.25, 0.3) is 0 Å². The van der Waals surface area contributed by atoms with Crippen LogP contribution in [0.5, 0.6) is 5.75 Å². The van der Waals surface area contributed by atoms with E-state index >= 15 is 4.39 Å². The zero-order valence-electron chi connectivity index (χ0n) is 19.3. The van der Waals surface area contributed by atoms with Gasteiger partial charge in [-0.25, -0.2) is 17.9 Å². The lowest BCUT2D eigenvalue weighted by Gasteiger charge is -2.44. The van der Waals surface area contributed by atoms with E-state index in [1.807, 2.05) is 6.92 Å². The van der Waals surface area contributed by atoms with Crippen molar-refractivity contribution in [2.45, 2.75) is 56.1 Å². The number of hydrogen-bond acceptors (Lipinski definition) is 7. The number of amidine groups is 1. The fraction of sp³-hybridized carbons (Fsp3) is 0.458. The summed E-state index contributed by atoms with van der Waals surface area (Å²) in [5, 5.41) is -0.472. The van der Waals surface area contributed by atoms with Crippen molar-refractivity contribution in [3.05, 3.63) is 59.2 Å². The first-order valence-electron chi connectivity index (χ1n) is 11.0. The molecule has 2 aromatic rings. The van der Waals surface area contributed by atoms with Crippen LogP contribution >= 0.6 is 0 Å². The molecule has 33 heavy (non-hydrogen) atoms. The van der Waals surface area contributed by atoms with Gasteiger partial charge in [0.1, 0.15) is 33.4 Å². The van der Waals surface area contributed by atoms with Gasteiger partial charge in [-0.3, -0.25) is 9.79 Å². The monoisotopic (exact) mass is 472 g/mol. The summed E-state index contributed by atoms with van der Waals surface area (Å²) < 4.78 is 38.0. The highest BCUT2D eigenvalue weighted by Gasteiger charge is 2.56. The molecule has 9 heteroatoms. The Morgan fingerprint density at radius 3 is 2.70 bits per heavy atom. The number of benzene rings is 1. The van der Waals surface area contributed by atoms with E-state index in [1.54, 1.807) is 45.0 Å². The summed E-state index contributed by atoms with van der Waals surface area (Å²) in [4.78, 5) is 21.7. The number of ketones is 1. The van der Waals surface area contributed by atoms with Crippen LogP contribution in [0.15, 0.2) is 45.9 Å². The Morgan fingerprint density at radius 1 is 1.27 bits per heavy atom. The van der Waals surface area contributed by atoms with Gasteiger partial charge in [0.2, 0.25) is 0 Å². The predicted octanol–water partition coefficient (Wildman–Crippen LogP) is 3.65. The molecule has 2 aliphatic heterocycles. The average Bonchev–Trinajstić information content (AvgIpc) is 3.19. The molecule has 3 atom stereocenters. The minimum Gasteiger partial charge on any atom is -0.492 e. The molecule has 0 radical (unpaired) electrons. The third kappa shape index (κ3) is 3.72. The van der Waals surface area contributed by atoms with Crippen LogP contribution in [-0.4, -0.2) is 44.0 Å². The maximum atomic E-state index is 15.1. The van der Waals surface area contributed by atoms with Crippen molar-refractivity contribution in [1.29, 1.82) is 0 Å². The molecule has 0 amide bonds. The number of pyridine rings is 1. The van der Waals surface area contributed by atoms with Gasteiger partial charge in [0.05, 0.1) is 27.8 Å². The summed E-state index contributed by atoms with van der Waals surface area (Å²) in [6.07, 6.45) is 2.09. The lowest BCUT2D eigenvalue weighted by molar-refractivity contribution is 0.0988. The molecule has 0 unspecified atom stereocenters. The van der Waals surface area contributed by atoms with Crippen molar-refractivity contribution in [2.24, 2.45) is 15.1 Å². The number of carbonyl (C=O) groups is 1. The van der Waals surface area contributed by atoms with Crippen LogP contribution in [0, 0.1) is 5.82 Å². The molecule has 2 aliphatic rings. The van der Waals surface area contributed by atoms with Crippen molar-refractivity contribution in [3.63, 3.8) is 0 Å². The topological polar surface area (TPSA) is 107 Å². The molecule has 1 aromatic heterocycles. The summed E-state index contributed by atoms with van der Waals surface area (Å²) in [6, 6.07) is 7.85. The Morgan fingerprint density at radius 2 is 2.03 bits per heavy atom. The van der Waals surface area contributed by atoms with Crippen molar-refractivity contribution < 1.29 is 18.1 Å². The number of aliphatic imine (C=N–C) groups is 1. The van der Waals surface area contributed by atoms with Gasteiger partial charge in [-0.2, -0.15) is 0 Å². The number of Topliss-reactive ketones (excluding diaryl/α,β-unsaturated/α-hetero) is 1. The van der Waals surface area contributed by atoms with Crippen LogP contribution in [0.3, 0.4) is 0 Å². The third-order valence-electron chi connectivity index (χ3n) is 6.66. The van der Waals surface area contributed by atoms with Crippen LogP contribution in [-0.2, 0) is 21.7 Å². The second-order valence-electron chi connectivity index (χ2n) is 9.08. The molecule has 1 aromatic carbocycles. The van der Waals surface area contributed by atoms with Crippen LogP contribution in [0.1, 0.15) is 55.7 Å². The molecular weight excluding hydrogens is 443 g/mol. The average molecular weight is 473 g/mol. The molecule has 2 N–H and O–H groups in total. The number of rotatable bonds is 6. The summed E-state index contributed by atoms with van der Waals surface area (Å²) in [5.74, 6) is 0.120. The normalized spacial score (nSPS) is 27.9. The standard InChI is InChI=1S/C24H29FN4O3S/c1-5-32-16-7-9-19(27-14-16)20(30)13-15-6-8-18(25)17(12-15)24(4)21-10-11-28-33(21,31)23(2,3)22(26)29-24/h6-9,12,14,21H,5,10-11,13H2,1-4H3,(H2,26,29)/t21-,24+,33+/m0/s1. The number of fused-ring (bicyclic) bond motifs is 1. The van der Waals surface area contributed by atoms with Gasteiger partial charge < -0.3 is 10.5 Å². The predicted molar refractivity (Wildman–Crippen MR) is 127 cm³/mol. The molecule has 0 saturated heterocycles. The minimum absolute atomic E-state index is 0.0411. The van der Waals surface area contributed by atoms with Crippen molar-refractivity contribution in [2.75, 3.05) is 13.2 Å². The van der Waals surface area contributed by atoms with E-state index in [1.165, 1.54) is 12.3 Å². The van der Waals surface area contributed by atoms with Crippen LogP contribution in [0.4, 0.5) is 4.39 Å². The number of hydrogen-bond donors (Lipinski definition) is 1. The van der Waals surface area contributed by atoms with Crippen LogP contribution in [0.25, 0.3) is 0 Å². The molecule has 7 nitrogen and oxygen atoms in total. The highest BCUT2D eigenvalue weighted by Crippen LogP contribution is 2.47. The molecule has 0 saturated carbocycles. The van der Waals surface area contributed by atoms with Crippen molar-refractivity contribution in [1.82, 2.24) is 4.98 Å². The third-order valence-corrected chi connectivity index (χ3v) is 10.4. The Balaban J connectivity index is 1.69. The van der Waals surface area contributed by atoms with E-state index in [0.717, 1.165) is 0 Å². The van der Waals surface area contributed by atoms with E-state index in [4.69, 9.17) is 15.5 Å². The lowest BCUT2D eigenvalue weighted by Crippen LogP contribution is -2.58.